The molecule has 0 spiro atoms. The molecule has 0 N–H and O–H groups in total. The number of nitrogens with zero attached hydrogens (tertiary/aromatic N) is 2. The maximum atomic E-state index is 8.47. The van der Waals surface area contributed by atoms with Gasteiger partial charge in [-0.3, -0.25) is 0 Å². The first-order valence-electron chi connectivity index (χ1n) is 21.3. The Kier molecular flexibility index (Phi) is 11.3. The summed E-state index contributed by atoms with van der Waals surface area (Å²) in [4.78, 5) is 9.29. The van der Waals surface area contributed by atoms with Crippen molar-refractivity contribution in [2.45, 2.75) is 73.4 Å². The number of aromatic nitrogens is 2. The largest absolute Gasteiger partial charge is 0.305 e. The van der Waals surface area contributed by atoms with Gasteiger partial charge >= 0.3 is 0 Å². The first kappa shape index (κ1) is 36.8. The fraction of sp³-hybridized carbons (Fsp3) is 0.231. The number of fused-ring (bicyclic) bond motifs is 3. The Bertz CT molecular complexity index is 2780. The van der Waals surface area contributed by atoms with Gasteiger partial charge in [-0.25, -0.2) is 0 Å². The van der Waals surface area contributed by atoms with E-state index in [-0.39, 0.29) is 31.1 Å². The maximum absolute atomic E-state index is 8.47. The van der Waals surface area contributed by atoms with Crippen molar-refractivity contribution in [3.8, 4) is 44.8 Å². The smallest absolute Gasteiger partial charge is 0.0798 e. The van der Waals surface area contributed by atoms with Crippen LogP contribution in [-0.2, 0) is 26.5 Å². The predicted octanol–water partition coefficient (Wildman–Crippen LogP) is 14.4. The summed E-state index contributed by atoms with van der Waals surface area (Å²) in [6.45, 7) is 15.2. The van der Waals surface area contributed by atoms with Gasteiger partial charge in [0.2, 0.25) is 0 Å². The molecular weight excluding hydrogens is 905 g/mol. The van der Waals surface area contributed by atoms with Crippen LogP contribution < -0.4 is 5.19 Å². The van der Waals surface area contributed by atoms with Crippen LogP contribution in [0.15, 0.2) is 134 Å². The monoisotopic (exact) mass is 961 g/mol. The normalized spacial score (nSPS) is 13.1. The minimum absolute atomic E-state index is 0. The number of benzene rings is 5. The van der Waals surface area contributed by atoms with Crippen LogP contribution >= 0.6 is 11.3 Å². The summed E-state index contributed by atoms with van der Waals surface area (Å²) in [7, 11) is -1.44. The molecule has 1 radical (unpaired) electrons. The summed E-state index contributed by atoms with van der Waals surface area (Å²) in [6.07, 6.45) is 4.59. The average molecular weight is 961 g/mol. The predicted molar refractivity (Wildman–Crippen MR) is 246 cm³/mol. The molecule has 8 aromatic rings. The van der Waals surface area contributed by atoms with Crippen LogP contribution in [0.2, 0.25) is 19.6 Å². The zero-order valence-corrected chi connectivity index (χ0v) is 38.3. The van der Waals surface area contributed by atoms with E-state index < -0.39 is 20.8 Å². The Morgan fingerprint density at radius 2 is 1.33 bits per heavy atom. The maximum Gasteiger partial charge on any atom is 0.0798 e. The van der Waals surface area contributed by atoms with Crippen LogP contribution in [0.4, 0.5) is 0 Å². The number of hydrogen-bond acceptors (Lipinski definition) is 3. The second-order valence-electron chi connectivity index (χ2n) is 17.0. The quantitative estimate of drug-likeness (QED) is 0.117. The molecule has 2 nitrogen and oxygen atoms in total. The second kappa shape index (κ2) is 17.5. The number of hydrogen-bond donors (Lipinski definition) is 0. The van der Waals surface area contributed by atoms with E-state index in [0.717, 1.165) is 33.3 Å². The zero-order valence-electron chi connectivity index (χ0n) is 38.0. The van der Waals surface area contributed by atoms with Crippen LogP contribution in [0, 0.1) is 24.4 Å². The van der Waals surface area contributed by atoms with Crippen molar-refractivity contribution in [2.75, 3.05) is 0 Å². The number of aryl methyl sites for hydroxylation is 1. The molecular formula is C52H52IrN2SSi-2. The molecule has 0 amide bonds. The Morgan fingerprint density at radius 1 is 0.702 bits per heavy atom. The number of thiophene rings is 1. The van der Waals surface area contributed by atoms with Crippen molar-refractivity contribution in [1.29, 1.82) is 0 Å². The van der Waals surface area contributed by atoms with Crippen molar-refractivity contribution < 1.29 is 25.6 Å². The van der Waals surface area contributed by atoms with Crippen molar-refractivity contribution in [2.24, 2.45) is 5.41 Å². The molecule has 0 aliphatic heterocycles. The van der Waals surface area contributed by atoms with Gasteiger partial charge in [0.25, 0.3) is 0 Å². The Balaban J connectivity index is 0.000000205. The SMILES string of the molecule is CC(C)(C)Cc1cc(-c2[c-]ccc(-c3ccccc3)c2)ncc1[Si](C)(C)C.[2H]C([2H])([2H])c1cnc(-c2[c-]cc3sc4cc(-c5ccccc5)ccc4c3c2)cc1C([2H])(C)C.[Ir]. The van der Waals surface area contributed by atoms with E-state index in [1.54, 1.807) is 31.3 Å². The van der Waals surface area contributed by atoms with E-state index in [9.17, 15) is 0 Å². The van der Waals surface area contributed by atoms with Gasteiger partial charge in [0.15, 0.2) is 0 Å². The van der Waals surface area contributed by atoms with Gasteiger partial charge in [0.05, 0.1) is 8.07 Å². The molecule has 0 bridgehead atoms. The molecule has 0 atom stereocenters. The van der Waals surface area contributed by atoms with Gasteiger partial charge in [-0.2, -0.15) is 11.3 Å². The van der Waals surface area contributed by atoms with E-state index in [4.69, 9.17) is 10.5 Å². The molecule has 0 aliphatic carbocycles. The van der Waals surface area contributed by atoms with Gasteiger partial charge in [0.1, 0.15) is 0 Å². The van der Waals surface area contributed by atoms with Crippen LogP contribution in [-0.4, -0.2) is 18.0 Å². The van der Waals surface area contributed by atoms with Gasteiger partial charge in [-0.15, -0.1) is 59.2 Å². The van der Waals surface area contributed by atoms with Crippen LogP contribution in [0.3, 0.4) is 0 Å². The summed E-state index contributed by atoms with van der Waals surface area (Å²) in [5.41, 5.74) is 10.6. The van der Waals surface area contributed by atoms with Gasteiger partial charge in [-0.1, -0.05) is 150 Å². The first-order chi connectivity index (χ1) is 28.2. The molecule has 8 rings (SSSR count). The van der Waals surface area contributed by atoms with E-state index in [1.807, 2.05) is 30.3 Å². The topological polar surface area (TPSA) is 25.8 Å². The molecule has 0 unspecified atom stereocenters. The minimum atomic E-state index is -2.31. The second-order valence-corrected chi connectivity index (χ2v) is 23.1. The van der Waals surface area contributed by atoms with Crippen molar-refractivity contribution in [3.05, 3.63) is 163 Å². The minimum Gasteiger partial charge on any atom is -0.305 e. The van der Waals surface area contributed by atoms with E-state index >= 15 is 0 Å². The van der Waals surface area contributed by atoms with E-state index in [1.165, 1.54) is 49.3 Å². The number of rotatable bonds is 7. The van der Waals surface area contributed by atoms with Crippen LogP contribution in [0.1, 0.15) is 62.7 Å². The van der Waals surface area contributed by atoms with E-state index in [2.05, 4.69) is 149 Å². The van der Waals surface area contributed by atoms with Gasteiger partial charge in [-0.05, 0) is 85.1 Å². The van der Waals surface area contributed by atoms with E-state index in [0.29, 0.717) is 11.3 Å². The summed E-state index contributed by atoms with van der Waals surface area (Å²) < 4.78 is 34.3. The fourth-order valence-electron chi connectivity index (χ4n) is 7.16. The molecule has 0 fully saturated rings. The Hall–Kier alpha value is -4.51. The molecule has 5 aromatic carbocycles. The Morgan fingerprint density at radius 3 is 1.96 bits per heavy atom. The van der Waals surface area contributed by atoms with Gasteiger partial charge < -0.3 is 9.97 Å². The summed E-state index contributed by atoms with van der Waals surface area (Å²) in [5, 5.41) is 3.77. The zero-order chi connectivity index (χ0) is 43.0. The van der Waals surface area contributed by atoms with Crippen LogP contribution in [0.5, 0.6) is 0 Å². The standard InChI is InChI=1S/C27H22NS.C25H30NSi.Ir/c1-17(2)23-15-25(28-16-18(23)3)21-10-12-26-24(13-21)22-11-9-20(14-27(22)29-26)19-7-5-4-6-8-19;1-25(2,3)17-22-16-23(26-18-24(22)27(4,5)6)21-14-10-13-20(15-21)19-11-8-7-9-12-19;/h4-9,11-17H,1-3H3;7-13,15-16,18H,17H2,1-6H3;/q2*-1;/i3D3,17D;;. The summed E-state index contributed by atoms with van der Waals surface area (Å²) in [6, 6.07) is 48.5. The Labute approximate surface area is 364 Å². The summed E-state index contributed by atoms with van der Waals surface area (Å²) >= 11 is 1.73. The fourth-order valence-corrected chi connectivity index (χ4v) is 9.84. The molecule has 3 aromatic heterocycles. The molecule has 3 heterocycles. The molecule has 0 saturated carbocycles. The van der Waals surface area contributed by atoms with Gasteiger partial charge in [0, 0.05) is 42.7 Å². The first-order valence-corrected chi connectivity index (χ1v) is 23.6. The molecule has 5 heteroatoms. The summed E-state index contributed by atoms with van der Waals surface area (Å²) in [5.74, 6) is -1.06. The van der Waals surface area contributed by atoms with Crippen molar-refractivity contribution in [1.82, 2.24) is 9.97 Å². The molecule has 57 heavy (non-hydrogen) atoms. The average Bonchev–Trinajstić information content (AvgIpc) is 3.57. The molecule has 291 valence electrons. The number of pyridine rings is 2. The molecule has 0 saturated heterocycles. The van der Waals surface area contributed by atoms with Crippen LogP contribution in [0.25, 0.3) is 64.9 Å². The third kappa shape index (κ3) is 9.96. The van der Waals surface area contributed by atoms with Crippen molar-refractivity contribution >= 4 is 44.8 Å². The molecule has 0 aliphatic rings. The third-order valence-corrected chi connectivity index (χ3v) is 13.1. The third-order valence-electron chi connectivity index (χ3n) is 9.93. The van der Waals surface area contributed by atoms with Crippen molar-refractivity contribution in [3.63, 3.8) is 0 Å².